The Bertz CT molecular complexity index is 850. The highest BCUT2D eigenvalue weighted by Gasteiger charge is 2.14. The number of amides is 2. The second kappa shape index (κ2) is 10.3. The Morgan fingerprint density at radius 3 is 2.44 bits per heavy atom. The number of carbonyl (C=O) groups is 3. The first kappa shape index (κ1) is 20.4. The molecular formula is C20H18BrN2O4-. The molecule has 2 amide bonds. The van der Waals surface area contributed by atoms with Crippen LogP contribution in [0, 0.1) is 0 Å². The van der Waals surface area contributed by atoms with Gasteiger partial charge in [0.1, 0.15) is 5.70 Å². The SMILES string of the molecule is O=C([O-])CCCNC(=O)/C(=C\c1cccc(Br)c1)NC(=O)c1ccccc1. The highest BCUT2D eigenvalue weighted by atomic mass is 79.9. The third kappa shape index (κ3) is 7.07. The van der Waals surface area contributed by atoms with E-state index in [4.69, 9.17) is 0 Å². The average molecular weight is 430 g/mol. The molecule has 0 aromatic heterocycles. The summed E-state index contributed by atoms with van der Waals surface area (Å²) in [6, 6.07) is 15.8. The molecule has 0 saturated heterocycles. The maximum absolute atomic E-state index is 12.5. The fraction of sp³-hybridized carbons (Fsp3) is 0.150. The number of nitrogens with one attached hydrogen (secondary N) is 2. The van der Waals surface area contributed by atoms with Crippen molar-refractivity contribution in [1.82, 2.24) is 10.6 Å². The molecule has 0 bridgehead atoms. The van der Waals surface area contributed by atoms with Crippen LogP contribution in [0.3, 0.4) is 0 Å². The summed E-state index contributed by atoms with van der Waals surface area (Å²) in [5.41, 5.74) is 1.20. The first-order chi connectivity index (χ1) is 13.0. The van der Waals surface area contributed by atoms with Crippen molar-refractivity contribution >= 4 is 39.8 Å². The quantitative estimate of drug-likeness (QED) is 0.494. The summed E-state index contributed by atoms with van der Waals surface area (Å²) < 4.78 is 0.833. The standard InChI is InChI=1S/C20H19BrN2O4/c21-16-9-4-6-14(12-16)13-17(20(27)22-11-5-10-18(24)25)23-19(26)15-7-2-1-3-8-15/h1-4,6-9,12-13H,5,10-11H2,(H,22,27)(H,23,26)(H,24,25)/p-1/b17-13+. The molecule has 2 aromatic rings. The summed E-state index contributed by atoms with van der Waals surface area (Å²) in [6.07, 6.45) is 1.64. The van der Waals surface area contributed by atoms with Gasteiger partial charge in [-0.15, -0.1) is 0 Å². The highest BCUT2D eigenvalue weighted by Crippen LogP contribution is 2.14. The van der Waals surface area contributed by atoms with Gasteiger partial charge in [0.15, 0.2) is 0 Å². The van der Waals surface area contributed by atoms with Gasteiger partial charge >= 0.3 is 0 Å². The minimum Gasteiger partial charge on any atom is -0.550 e. The van der Waals surface area contributed by atoms with Crippen LogP contribution < -0.4 is 15.7 Å². The number of hydrogen-bond acceptors (Lipinski definition) is 4. The monoisotopic (exact) mass is 429 g/mol. The molecule has 0 unspecified atom stereocenters. The zero-order valence-corrected chi connectivity index (χ0v) is 16.0. The van der Waals surface area contributed by atoms with Crippen molar-refractivity contribution in [2.75, 3.05) is 6.54 Å². The average Bonchev–Trinajstić information content (AvgIpc) is 2.65. The van der Waals surface area contributed by atoms with Crippen LogP contribution in [0.2, 0.25) is 0 Å². The van der Waals surface area contributed by atoms with Gasteiger partial charge in [-0.25, -0.2) is 0 Å². The molecule has 140 valence electrons. The van der Waals surface area contributed by atoms with Crippen LogP contribution in [0.25, 0.3) is 6.08 Å². The Morgan fingerprint density at radius 2 is 1.78 bits per heavy atom. The molecule has 6 nitrogen and oxygen atoms in total. The Labute approximate surface area is 165 Å². The maximum Gasteiger partial charge on any atom is 0.267 e. The molecule has 27 heavy (non-hydrogen) atoms. The summed E-state index contributed by atoms with van der Waals surface area (Å²) in [5, 5.41) is 15.7. The van der Waals surface area contributed by atoms with Gasteiger partial charge in [-0.05, 0) is 48.7 Å². The van der Waals surface area contributed by atoms with E-state index in [1.54, 1.807) is 48.5 Å². The van der Waals surface area contributed by atoms with E-state index in [0.717, 1.165) is 10.0 Å². The molecule has 0 aliphatic rings. The van der Waals surface area contributed by atoms with E-state index in [2.05, 4.69) is 26.6 Å². The maximum atomic E-state index is 12.5. The zero-order valence-electron chi connectivity index (χ0n) is 14.4. The number of carbonyl (C=O) groups excluding carboxylic acids is 3. The predicted molar refractivity (Wildman–Crippen MR) is 103 cm³/mol. The molecule has 2 aromatic carbocycles. The molecule has 0 saturated carbocycles. The van der Waals surface area contributed by atoms with E-state index in [-0.39, 0.29) is 25.1 Å². The van der Waals surface area contributed by atoms with Crippen molar-refractivity contribution < 1.29 is 19.5 Å². The lowest BCUT2D eigenvalue weighted by molar-refractivity contribution is -0.305. The molecule has 0 aliphatic carbocycles. The van der Waals surface area contributed by atoms with Crippen LogP contribution in [-0.2, 0) is 9.59 Å². The summed E-state index contributed by atoms with van der Waals surface area (Å²) in [4.78, 5) is 35.3. The van der Waals surface area contributed by atoms with E-state index < -0.39 is 17.8 Å². The summed E-state index contributed by atoms with van der Waals surface area (Å²) in [7, 11) is 0. The van der Waals surface area contributed by atoms with E-state index >= 15 is 0 Å². The van der Waals surface area contributed by atoms with Crippen molar-refractivity contribution in [3.05, 3.63) is 75.9 Å². The van der Waals surface area contributed by atoms with Gasteiger partial charge in [0, 0.05) is 22.6 Å². The Morgan fingerprint density at radius 1 is 1.04 bits per heavy atom. The van der Waals surface area contributed by atoms with Crippen molar-refractivity contribution in [2.45, 2.75) is 12.8 Å². The van der Waals surface area contributed by atoms with Gasteiger partial charge in [0.25, 0.3) is 11.8 Å². The van der Waals surface area contributed by atoms with Gasteiger partial charge in [-0.1, -0.05) is 46.3 Å². The van der Waals surface area contributed by atoms with Crippen LogP contribution in [-0.4, -0.2) is 24.3 Å². The fourth-order valence-electron chi connectivity index (χ4n) is 2.24. The molecule has 2 rings (SSSR count). The van der Waals surface area contributed by atoms with Crippen LogP contribution >= 0.6 is 15.9 Å². The minimum absolute atomic E-state index is 0.0652. The topological polar surface area (TPSA) is 98.3 Å². The Kier molecular flexibility index (Phi) is 7.76. The van der Waals surface area contributed by atoms with E-state index in [9.17, 15) is 19.5 Å². The molecule has 0 radical (unpaired) electrons. The number of aliphatic carboxylic acids is 1. The molecule has 0 atom stereocenters. The molecule has 0 spiro atoms. The number of hydrogen-bond donors (Lipinski definition) is 2. The van der Waals surface area contributed by atoms with Gasteiger partial charge in [0.05, 0.1) is 0 Å². The predicted octanol–water partition coefficient (Wildman–Crippen LogP) is 1.87. The minimum atomic E-state index is -1.17. The van der Waals surface area contributed by atoms with E-state index in [1.165, 1.54) is 0 Å². The normalized spacial score (nSPS) is 10.9. The highest BCUT2D eigenvalue weighted by molar-refractivity contribution is 9.10. The lowest BCUT2D eigenvalue weighted by Gasteiger charge is -2.11. The zero-order chi connectivity index (χ0) is 19.6. The second-order valence-electron chi connectivity index (χ2n) is 5.66. The fourth-order valence-corrected chi connectivity index (χ4v) is 2.65. The molecular weight excluding hydrogens is 412 g/mol. The number of rotatable bonds is 8. The number of benzene rings is 2. The third-order valence-electron chi connectivity index (χ3n) is 3.53. The second-order valence-corrected chi connectivity index (χ2v) is 6.58. The molecule has 0 heterocycles. The number of halogens is 1. The largest absolute Gasteiger partial charge is 0.550 e. The lowest BCUT2D eigenvalue weighted by atomic mass is 10.1. The lowest BCUT2D eigenvalue weighted by Crippen LogP contribution is -2.35. The Hall–Kier alpha value is -2.93. The van der Waals surface area contributed by atoms with Crippen molar-refractivity contribution in [1.29, 1.82) is 0 Å². The molecule has 0 fully saturated rings. The smallest absolute Gasteiger partial charge is 0.267 e. The first-order valence-corrected chi connectivity index (χ1v) is 9.06. The summed E-state index contributed by atoms with van der Waals surface area (Å²) in [6.45, 7) is 0.157. The Balaban J connectivity index is 2.16. The van der Waals surface area contributed by atoms with Crippen LogP contribution in [0.15, 0.2) is 64.8 Å². The van der Waals surface area contributed by atoms with Gasteiger partial charge < -0.3 is 20.5 Å². The number of carboxylic acids is 1. The van der Waals surface area contributed by atoms with Crippen LogP contribution in [0.4, 0.5) is 0 Å². The summed E-state index contributed by atoms with van der Waals surface area (Å²) >= 11 is 3.36. The molecule has 2 N–H and O–H groups in total. The van der Waals surface area contributed by atoms with E-state index in [0.29, 0.717) is 5.56 Å². The first-order valence-electron chi connectivity index (χ1n) is 8.27. The number of carboxylic acid groups (broad SMARTS) is 1. The molecule has 0 aliphatic heterocycles. The van der Waals surface area contributed by atoms with E-state index in [1.807, 2.05) is 12.1 Å². The van der Waals surface area contributed by atoms with Crippen LogP contribution in [0.1, 0.15) is 28.8 Å². The van der Waals surface area contributed by atoms with Gasteiger partial charge in [-0.2, -0.15) is 0 Å². The van der Waals surface area contributed by atoms with Crippen molar-refractivity contribution in [3.63, 3.8) is 0 Å². The third-order valence-corrected chi connectivity index (χ3v) is 4.02. The van der Waals surface area contributed by atoms with Crippen LogP contribution in [0.5, 0.6) is 0 Å². The van der Waals surface area contributed by atoms with Crippen molar-refractivity contribution in [2.24, 2.45) is 0 Å². The van der Waals surface area contributed by atoms with Gasteiger partial charge in [-0.3, -0.25) is 9.59 Å². The summed E-state index contributed by atoms with van der Waals surface area (Å²) in [5.74, 6) is -2.09. The van der Waals surface area contributed by atoms with Gasteiger partial charge in [0.2, 0.25) is 0 Å². The molecule has 7 heteroatoms. The van der Waals surface area contributed by atoms with Crippen molar-refractivity contribution in [3.8, 4) is 0 Å².